The quantitative estimate of drug-likeness (QED) is 0.892. The first-order valence-electron chi connectivity index (χ1n) is 7.09. The molecule has 0 spiro atoms. The molecule has 0 saturated heterocycles. The molecule has 1 unspecified atom stereocenters. The van der Waals surface area contributed by atoms with E-state index in [1.165, 1.54) is 4.90 Å². The van der Waals surface area contributed by atoms with Gasteiger partial charge in [0.1, 0.15) is 6.04 Å². The smallest absolute Gasteiger partial charge is 0.326 e. The van der Waals surface area contributed by atoms with Crippen LogP contribution < -0.4 is 0 Å². The van der Waals surface area contributed by atoms with Gasteiger partial charge in [-0.15, -0.1) is 0 Å². The number of hydrogen-bond acceptors (Lipinski definition) is 3. The second-order valence-electron chi connectivity index (χ2n) is 5.70. The summed E-state index contributed by atoms with van der Waals surface area (Å²) >= 11 is 0. The molecule has 1 amide bonds. The van der Waals surface area contributed by atoms with Gasteiger partial charge in [0.2, 0.25) is 0 Å². The minimum atomic E-state index is -0.957. The molecule has 20 heavy (non-hydrogen) atoms. The van der Waals surface area contributed by atoms with E-state index < -0.39 is 12.0 Å². The van der Waals surface area contributed by atoms with Crippen LogP contribution in [0, 0.1) is 0 Å². The Hall–Kier alpha value is -1.91. The highest BCUT2D eigenvalue weighted by atomic mass is 16.4. The minimum absolute atomic E-state index is 0.0751. The van der Waals surface area contributed by atoms with E-state index >= 15 is 0 Å². The summed E-state index contributed by atoms with van der Waals surface area (Å²) < 4.78 is 0. The third-order valence-electron chi connectivity index (χ3n) is 3.97. The predicted octanol–water partition coefficient (Wildman–Crippen LogP) is 2.04. The van der Waals surface area contributed by atoms with E-state index in [4.69, 9.17) is 0 Å². The molecule has 1 aromatic rings. The maximum Gasteiger partial charge on any atom is 0.326 e. The Labute approximate surface area is 117 Å². The van der Waals surface area contributed by atoms with Crippen LogP contribution in [0.3, 0.4) is 0 Å². The Morgan fingerprint density at radius 2 is 2.05 bits per heavy atom. The van der Waals surface area contributed by atoms with E-state index in [1.807, 2.05) is 6.07 Å². The standard InChI is InChI=1S/C15H18N2O3/c1-9(15(19)20)17(12-4-5-12)14(18)11-6-7-16-13(8-11)10-2-3-10/h6-10,12H,2-5H2,1H3,(H,19,20). The lowest BCUT2D eigenvalue weighted by molar-refractivity contribution is -0.141. The molecule has 5 nitrogen and oxygen atoms in total. The Morgan fingerprint density at radius 1 is 1.35 bits per heavy atom. The zero-order valence-corrected chi connectivity index (χ0v) is 11.5. The number of rotatable bonds is 5. The fourth-order valence-corrected chi connectivity index (χ4v) is 2.46. The topological polar surface area (TPSA) is 70.5 Å². The SMILES string of the molecule is CC(C(=O)O)N(C(=O)c1ccnc(C2CC2)c1)C1CC1. The molecule has 106 valence electrons. The number of aromatic nitrogens is 1. The molecule has 2 aliphatic rings. The maximum absolute atomic E-state index is 12.6. The molecule has 3 rings (SSSR count). The number of pyridine rings is 1. The van der Waals surface area contributed by atoms with Crippen molar-refractivity contribution in [2.24, 2.45) is 0 Å². The van der Waals surface area contributed by atoms with Crippen molar-refractivity contribution in [2.75, 3.05) is 0 Å². The molecule has 2 saturated carbocycles. The van der Waals surface area contributed by atoms with Gasteiger partial charge in [-0.3, -0.25) is 9.78 Å². The van der Waals surface area contributed by atoms with E-state index in [0.717, 1.165) is 31.4 Å². The Bertz CT molecular complexity index is 550. The largest absolute Gasteiger partial charge is 0.480 e. The predicted molar refractivity (Wildman–Crippen MR) is 72.5 cm³/mol. The zero-order chi connectivity index (χ0) is 14.3. The van der Waals surface area contributed by atoms with Gasteiger partial charge in [0.25, 0.3) is 5.91 Å². The second kappa shape index (κ2) is 4.89. The second-order valence-corrected chi connectivity index (χ2v) is 5.70. The molecular formula is C15H18N2O3. The van der Waals surface area contributed by atoms with Crippen LogP contribution >= 0.6 is 0 Å². The van der Waals surface area contributed by atoms with Gasteiger partial charge in [-0.1, -0.05) is 0 Å². The molecule has 1 heterocycles. The number of carbonyl (C=O) groups is 2. The lowest BCUT2D eigenvalue weighted by atomic mass is 10.1. The molecule has 2 fully saturated rings. The van der Waals surface area contributed by atoms with E-state index in [1.54, 1.807) is 19.2 Å². The molecule has 0 aromatic carbocycles. The average Bonchev–Trinajstić information content (AvgIpc) is 3.29. The zero-order valence-electron chi connectivity index (χ0n) is 11.5. The van der Waals surface area contributed by atoms with Crippen LogP contribution in [-0.4, -0.2) is 39.0 Å². The van der Waals surface area contributed by atoms with Crippen molar-refractivity contribution in [1.29, 1.82) is 0 Å². The van der Waals surface area contributed by atoms with E-state index in [0.29, 0.717) is 11.5 Å². The third kappa shape index (κ3) is 2.53. The first-order chi connectivity index (χ1) is 9.58. The third-order valence-corrected chi connectivity index (χ3v) is 3.97. The van der Waals surface area contributed by atoms with Crippen LogP contribution in [0.1, 0.15) is 54.6 Å². The van der Waals surface area contributed by atoms with Gasteiger partial charge < -0.3 is 10.0 Å². The molecule has 1 aromatic heterocycles. The number of aliphatic carboxylic acids is 1. The van der Waals surface area contributed by atoms with E-state index in [9.17, 15) is 14.7 Å². The Kier molecular flexibility index (Phi) is 3.20. The number of nitrogens with zero attached hydrogens (tertiary/aromatic N) is 2. The lowest BCUT2D eigenvalue weighted by Gasteiger charge is -2.26. The number of hydrogen-bond donors (Lipinski definition) is 1. The highest BCUT2D eigenvalue weighted by molar-refractivity contribution is 5.97. The molecule has 0 radical (unpaired) electrons. The fraction of sp³-hybridized carbons (Fsp3) is 0.533. The summed E-state index contributed by atoms with van der Waals surface area (Å²) in [7, 11) is 0. The molecule has 0 aliphatic heterocycles. The summed E-state index contributed by atoms with van der Waals surface area (Å²) in [5.74, 6) is -0.664. The van der Waals surface area contributed by atoms with Gasteiger partial charge in [-0.25, -0.2) is 4.79 Å². The van der Waals surface area contributed by atoms with Crippen LogP contribution in [0.5, 0.6) is 0 Å². The first-order valence-corrected chi connectivity index (χ1v) is 7.09. The van der Waals surface area contributed by atoms with E-state index in [-0.39, 0.29) is 11.9 Å². The monoisotopic (exact) mass is 274 g/mol. The normalized spacial score (nSPS) is 19.4. The van der Waals surface area contributed by atoms with Gasteiger partial charge >= 0.3 is 5.97 Å². The maximum atomic E-state index is 12.6. The summed E-state index contributed by atoms with van der Waals surface area (Å²) in [6.07, 6.45) is 5.69. The van der Waals surface area contributed by atoms with Gasteiger partial charge in [0, 0.05) is 29.4 Å². The molecule has 1 atom stereocenters. The lowest BCUT2D eigenvalue weighted by Crippen LogP contribution is -2.44. The average molecular weight is 274 g/mol. The van der Waals surface area contributed by atoms with Crippen LogP contribution in [0.15, 0.2) is 18.3 Å². The Balaban J connectivity index is 1.85. The summed E-state index contributed by atoms with van der Waals surface area (Å²) in [5.41, 5.74) is 1.51. The van der Waals surface area contributed by atoms with Gasteiger partial charge in [-0.05, 0) is 44.7 Å². The number of carboxylic acid groups (broad SMARTS) is 1. The van der Waals surface area contributed by atoms with Crippen molar-refractivity contribution in [2.45, 2.75) is 50.6 Å². The molecule has 2 aliphatic carbocycles. The number of carboxylic acids is 1. The number of carbonyl (C=O) groups excluding carboxylic acids is 1. The summed E-state index contributed by atoms with van der Waals surface area (Å²) in [5, 5.41) is 9.17. The van der Waals surface area contributed by atoms with Gasteiger partial charge in [0.15, 0.2) is 0 Å². The van der Waals surface area contributed by atoms with Crippen LogP contribution in [-0.2, 0) is 4.79 Å². The summed E-state index contributed by atoms with van der Waals surface area (Å²) in [4.78, 5) is 29.6. The highest BCUT2D eigenvalue weighted by Gasteiger charge is 2.39. The first kappa shape index (κ1) is 13.1. The van der Waals surface area contributed by atoms with Crippen LogP contribution in [0.25, 0.3) is 0 Å². The summed E-state index contributed by atoms with van der Waals surface area (Å²) in [6, 6.07) is 2.79. The van der Waals surface area contributed by atoms with Gasteiger partial charge in [-0.2, -0.15) is 0 Å². The number of amides is 1. The summed E-state index contributed by atoms with van der Waals surface area (Å²) in [6.45, 7) is 1.57. The van der Waals surface area contributed by atoms with Crippen LogP contribution in [0.4, 0.5) is 0 Å². The van der Waals surface area contributed by atoms with Crippen molar-refractivity contribution in [1.82, 2.24) is 9.88 Å². The molecule has 0 bridgehead atoms. The minimum Gasteiger partial charge on any atom is -0.480 e. The molecule has 1 N–H and O–H groups in total. The van der Waals surface area contributed by atoms with Crippen LogP contribution in [0.2, 0.25) is 0 Å². The molecular weight excluding hydrogens is 256 g/mol. The Morgan fingerprint density at radius 3 is 2.60 bits per heavy atom. The van der Waals surface area contributed by atoms with Crippen molar-refractivity contribution < 1.29 is 14.7 Å². The van der Waals surface area contributed by atoms with Crippen molar-refractivity contribution in [3.8, 4) is 0 Å². The van der Waals surface area contributed by atoms with Gasteiger partial charge in [0.05, 0.1) is 0 Å². The highest BCUT2D eigenvalue weighted by Crippen LogP contribution is 2.39. The van der Waals surface area contributed by atoms with Crippen molar-refractivity contribution in [3.05, 3.63) is 29.6 Å². The van der Waals surface area contributed by atoms with E-state index in [2.05, 4.69) is 4.98 Å². The van der Waals surface area contributed by atoms with Crippen molar-refractivity contribution >= 4 is 11.9 Å². The molecule has 5 heteroatoms. The fourth-order valence-electron chi connectivity index (χ4n) is 2.46. The van der Waals surface area contributed by atoms with Crippen molar-refractivity contribution in [3.63, 3.8) is 0 Å².